The van der Waals surface area contributed by atoms with E-state index < -0.39 is 0 Å². The first-order chi connectivity index (χ1) is 10.5. The first-order valence-corrected chi connectivity index (χ1v) is 8.91. The van der Waals surface area contributed by atoms with E-state index in [0.29, 0.717) is 9.23 Å². The molecule has 1 fully saturated rings. The fraction of sp³-hybridized carbons (Fsp3) is 0.176. The number of amides is 1. The molecule has 0 spiro atoms. The lowest BCUT2D eigenvalue weighted by atomic mass is 10.1. The lowest BCUT2D eigenvalue weighted by Crippen LogP contribution is -2.27. The zero-order valence-corrected chi connectivity index (χ0v) is 15.0. The molecule has 1 aromatic carbocycles. The molecule has 2 heterocycles. The van der Waals surface area contributed by atoms with Crippen LogP contribution in [0.3, 0.4) is 0 Å². The van der Waals surface area contributed by atoms with Gasteiger partial charge in [-0.15, -0.1) is 11.3 Å². The molecule has 0 N–H and O–H groups in total. The van der Waals surface area contributed by atoms with E-state index in [0.717, 1.165) is 16.1 Å². The molecule has 1 aliphatic rings. The maximum absolute atomic E-state index is 12.7. The Kier molecular flexibility index (Phi) is 4.21. The summed E-state index contributed by atoms with van der Waals surface area (Å²) in [7, 11) is 0. The molecule has 0 radical (unpaired) electrons. The second kappa shape index (κ2) is 5.99. The summed E-state index contributed by atoms with van der Waals surface area (Å²) in [6, 6.07) is 10.1. The summed E-state index contributed by atoms with van der Waals surface area (Å²) in [4.78, 5) is 17.3. The third kappa shape index (κ3) is 2.89. The molecule has 22 heavy (non-hydrogen) atoms. The van der Waals surface area contributed by atoms with Gasteiger partial charge in [0.1, 0.15) is 0 Å². The number of rotatable bonds is 2. The number of thiocarbonyl (C=S) groups is 1. The number of hydrogen-bond acceptors (Lipinski definition) is 4. The summed E-state index contributed by atoms with van der Waals surface area (Å²) in [6.45, 7) is 6.16. The number of nitrogens with zero attached hydrogens (tertiary/aromatic N) is 1. The fourth-order valence-electron chi connectivity index (χ4n) is 2.22. The standard InChI is InChI=1S/C17H15NOS3/c1-10-4-6-13(8-11(10)2)18-16(19)15(22-17(18)20)9-14-7-5-12(3)21-14/h4-9H,1-3H3. The van der Waals surface area contributed by atoms with E-state index >= 15 is 0 Å². The quantitative estimate of drug-likeness (QED) is 0.559. The van der Waals surface area contributed by atoms with Gasteiger partial charge < -0.3 is 0 Å². The topological polar surface area (TPSA) is 20.3 Å². The van der Waals surface area contributed by atoms with Crippen molar-refractivity contribution >= 4 is 57.3 Å². The van der Waals surface area contributed by atoms with E-state index in [2.05, 4.69) is 19.9 Å². The number of carbonyl (C=O) groups excluding carboxylic acids is 1. The molecule has 3 rings (SSSR count). The average molecular weight is 346 g/mol. The summed E-state index contributed by atoms with van der Waals surface area (Å²) in [5, 5.41) is 0. The zero-order valence-electron chi connectivity index (χ0n) is 12.5. The Morgan fingerprint density at radius 3 is 2.50 bits per heavy atom. The van der Waals surface area contributed by atoms with Crippen molar-refractivity contribution in [3.05, 3.63) is 56.1 Å². The lowest BCUT2D eigenvalue weighted by Gasteiger charge is -2.15. The molecule has 2 aromatic rings. The maximum Gasteiger partial charge on any atom is 0.270 e. The van der Waals surface area contributed by atoms with Gasteiger partial charge >= 0.3 is 0 Å². The molecule has 0 atom stereocenters. The molecular formula is C17H15NOS3. The van der Waals surface area contributed by atoms with Crippen molar-refractivity contribution in [3.8, 4) is 0 Å². The molecule has 112 valence electrons. The molecule has 0 unspecified atom stereocenters. The SMILES string of the molecule is Cc1ccc(C=C2SC(=S)N(c3ccc(C)c(C)c3)C2=O)s1. The van der Waals surface area contributed by atoms with Gasteiger partial charge in [0.25, 0.3) is 5.91 Å². The van der Waals surface area contributed by atoms with E-state index in [4.69, 9.17) is 12.2 Å². The van der Waals surface area contributed by atoms with Gasteiger partial charge in [-0.3, -0.25) is 9.69 Å². The van der Waals surface area contributed by atoms with Crippen LogP contribution in [0.1, 0.15) is 20.9 Å². The van der Waals surface area contributed by atoms with Gasteiger partial charge in [-0.2, -0.15) is 0 Å². The van der Waals surface area contributed by atoms with Crippen molar-refractivity contribution in [2.75, 3.05) is 4.90 Å². The van der Waals surface area contributed by atoms with Crippen LogP contribution in [0.5, 0.6) is 0 Å². The van der Waals surface area contributed by atoms with Gasteiger partial charge in [0, 0.05) is 9.75 Å². The number of benzene rings is 1. The van der Waals surface area contributed by atoms with Gasteiger partial charge in [-0.25, -0.2) is 0 Å². The second-order valence-electron chi connectivity index (χ2n) is 5.23. The van der Waals surface area contributed by atoms with Gasteiger partial charge in [-0.1, -0.05) is 30.0 Å². The van der Waals surface area contributed by atoms with Crippen molar-refractivity contribution in [2.24, 2.45) is 0 Å². The molecule has 1 aromatic heterocycles. The zero-order chi connectivity index (χ0) is 15.9. The molecule has 0 aliphatic carbocycles. The summed E-state index contributed by atoms with van der Waals surface area (Å²) in [5.74, 6) is -0.0377. The molecular weight excluding hydrogens is 330 g/mol. The van der Waals surface area contributed by atoms with Gasteiger partial charge in [-0.05, 0) is 62.2 Å². The molecule has 1 aliphatic heterocycles. The minimum Gasteiger partial charge on any atom is -0.268 e. The van der Waals surface area contributed by atoms with E-state index in [1.165, 1.54) is 22.2 Å². The Bertz CT molecular complexity index is 804. The Balaban J connectivity index is 1.94. The van der Waals surface area contributed by atoms with Crippen LogP contribution in [0, 0.1) is 20.8 Å². The Morgan fingerprint density at radius 2 is 1.86 bits per heavy atom. The summed E-state index contributed by atoms with van der Waals surface area (Å²) < 4.78 is 0.591. The molecule has 5 heteroatoms. The summed E-state index contributed by atoms with van der Waals surface area (Å²) in [6.07, 6.45) is 1.93. The Labute approximate surface area is 143 Å². The van der Waals surface area contributed by atoms with Crippen LogP contribution in [0.4, 0.5) is 5.69 Å². The fourth-order valence-corrected chi connectivity index (χ4v) is 4.40. The predicted octanol–water partition coefficient (Wildman–Crippen LogP) is 5.08. The number of aryl methyl sites for hydroxylation is 3. The van der Waals surface area contributed by atoms with E-state index in [-0.39, 0.29) is 5.91 Å². The third-order valence-corrected chi connectivity index (χ3v) is 5.83. The van der Waals surface area contributed by atoms with Crippen molar-refractivity contribution in [1.82, 2.24) is 0 Å². The van der Waals surface area contributed by atoms with E-state index in [9.17, 15) is 4.79 Å². The largest absolute Gasteiger partial charge is 0.270 e. The highest BCUT2D eigenvalue weighted by molar-refractivity contribution is 8.27. The van der Waals surface area contributed by atoms with E-state index in [1.807, 2.05) is 37.3 Å². The van der Waals surface area contributed by atoms with Crippen LogP contribution in [-0.4, -0.2) is 10.2 Å². The highest BCUT2D eigenvalue weighted by Crippen LogP contribution is 2.37. The maximum atomic E-state index is 12.7. The minimum absolute atomic E-state index is 0.0377. The highest BCUT2D eigenvalue weighted by atomic mass is 32.2. The first-order valence-electron chi connectivity index (χ1n) is 6.87. The molecule has 0 bridgehead atoms. The van der Waals surface area contributed by atoms with Crippen LogP contribution >= 0.6 is 35.3 Å². The van der Waals surface area contributed by atoms with Crippen molar-refractivity contribution in [2.45, 2.75) is 20.8 Å². The number of thioether (sulfide) groups is 1. The highest BCUT2D eigenvalue weighted by Gasteiger charge is 2.33. The Morgan fingerprint density at radius 1 is 1.09 bits per heavy atom. The van der Waals surface area contributed by atoms with Crippen LogP contribution in [0.15, 0.2) is 35.2 Å². The number of carbonyl (C=O) groups is 1. The monoisotopic (exact) mass is 345 g/mol. The summed E-state index contributed by atoms with van der Waals surface area (Å²) >= 11 is 8.45. The first kappa shape index (κ1) is 15.5. The number of thiophene rings is 1. The van der Waals surface area contributed by atoms with Crippen molar-refractivity contribution in [1.29, 1.82) is 0 Å². The Hall–Kier alpha value is -1.43. The molecule has 2 nitrogen and oxygen atoms in total. The third-order valence-electron chi connectivity index (χ3n) is 3.58. The average Bonchev–Trinajstić information content (AvgIpc) is 2.98. The molecule has 1 amide bonds. The second-order valence-corrected chi connectivity index (χ2v) is 8.23. The van der Waals surface area contributed by atoms with E-state index in [1.54, 1.807) is 16.2 Å². The van der Waals surface area contributed by atoms with Crippen LogP contribution < -0.4 is 4.90 Å². The van der Waals surface area contributed by atoms with Gasteiger partial charge in [0.15, 0.2) is 4.32 Å². The molecule has 0 saturated carbocycles. The van der Waals surface area contributed by atoms with Gasteiger partial charge in [0.2, 0.25) is 0 Å². The van der Waals surface area contributed by atoms with Gasteiger partial charge in [0.05, 0.1) is 10.6 Å². The minimum atomic E-state index is -0.0377. The van der Waals surface area contributed by atoms with Crippen molar-refractivity contribution < 1.29 is 4.79 Å². The molecule has 1 saturated heterocycles. The predicted molar refractivity (Wildman–Crippen MR) is 101 cm³/mol. The van der Waals surface area contributed by atoms with Crippen LogP contribution in [0.25, 0.3) is 6.08 Å². The number of hydrogen-bond donors (Lipinski definition) is 0. The number of anilines is 1. The summed E-state index contributed by atoms with van der Waals surface area (Å²) in [5.41, 5.74) is 3.21. The normalized spacial score (nSPS) is 16.9. The van der Waals surface area contributed by atoms with Crippen molar-refractivity contribution in [3.63, 3.8) is 0 Å². The smallest absolute Gasteiger partial charge is 0.268 e. The lowest BCUT2D eigenvalue weighted by molar-refractivity contribution is -0.113. The van der Waals surface area contributed by atoms with Crippen LogP contribution in [-0.2, 0) is 4.79 Å². The van der Waals surface area contributed by atoms with Crippen LogP contribution in [0.2, 0.25) is 0 Å².